The lowest BCUT2D eigenvalue weighted by atomic mass is 10.0. The first-order chi connectivity index (χ1) is 13.2. The standard InChI is InChI=1S/C19H24N4O4S/c1-11-5-4-6-14(12(11)2)21-19(24)16-10-15(22-23-16)13-7-8-17(27-3)18(9-13)28(20,25)26/h4-9,15-16,22-23H,10H2,1-3H3,(H,21,24)(H2,20,25,26). The maximum absolute atomic E-state index is 12.6. The van der Waals surface area contributed by atoms with Gasteiger partial charge < -0.3 is 10.1 Å². The molecule has 1 heterocycles. The van der Waals surface area contributed by atoms with Crippen molar-refractivity contribution in [3.05, 3.63) is 53.1 Å². The number of hydrogen-bond acceptors (Lipinski definition) is 6. The number of methoxy groups -OCH3 is 1. The Labute approximate surface area is 164 Å². The minimum absolute atomic E-state index is 0.0856. The predicted molar refractivity (Wildman–Crippen MR) is 106 cm³/mol. The number of ether oxygens (including phenoxy) is 1. The smallest absolute Gasteiger partial charge is 0.242 e. The Morgan fingerprint density at radius 1 is 1.21 bits per heavy atom. The number of nitrogens with two attached hydrogens (primary N) is 1. The second-order valence-corrected chi connectivity index (χ2v) is 8.35. The molecule has 0 aliphatic carbocycles. The fourth-order valence-corrected chi connectivity index (χ4v) is 3.92. The summed E-state index contributed by atoms with van der Waals surface area (Å²) < 4.78 is 28.7. The molecule has 2 unspecified atom stereocenters. The Morgan fingerprint density at radius 3 is 2.64 bits per heavy atom. The number of hydrazine groups is 1. The minimum atomic E-state index is -3.93. The number of amides is 1. The van der Waals surface area contributed by atoms with Gasteiger partial charge in [-0.3, -0.25) is 4.79 Å². The van der Waals surface area contributed by atoms with Gasteiger partial charge >= 0.3 is 0 Å². The highest BCUT2D eigenvalue weighted by atomic mass is 32.2. The average molecular weight is 404 g/mol. The molecule has 1 amide bonds. The van der Waals surface area contributed by atoms with Crippen molar-refractivity contribution in [1.29, 1.82) is 0 Å². The summed E-state index contributed by atoms with van der Waals surface area (Å²) in [6.07, 6.45) is 0.451. The van der Waals surface area contributed by atoms with E-state index in [0.717, 1.165) is 16.8 Å². The van der Waals surface area contributed by atoms with Crippen LogP contribution in [0, 0.1) is 13.8 Å². The van der Waals surface area contributed by atoms with E-state index >= 15 is 0 Å². The summed E-state index contributed by atoms with van der Waals surface area (Å²) in [4.78, 5) is 12.5. The Kier molecular flexibility index (Phi) is 5.71. The van der Waals surface area contributed by atoms with Crippen molar-refractivity contribution < 1.29 is 17.9 Å². The first-order valence-electron chi connectivity index (χ1n) is 8.79. The van der Waals surface area contributed by atoms with Gasteiger partial charge in [-0.15, -0.1) is 0 Å². The molecule has 0 radical (unpaired) electrons. The zero-order valence-electron chi connectivity index (χ0n) is 15.9. The number of aryl methyl sites for hydroxylation is 1. The lowest BCUT2D eigenvalue weighted by molar-refractivity contribution is -0.117. The summed E-state index contributed by atoms with van der Waals surface area (Å²) in [5.74, 6) is 0.0188. The molecular formula is C19H24N4O4S. The van der Waals surface area contributed by atoms with Crippen LogP contribution in [0.5, 0.6) is 5.75 Å². The molecule has 3 rings (SSSR count). The Balaban J connectivity index is 1.75. The quantitative estimate of drug-likeness (QED) is 0.599. The SMILES string of the molecule is COc1ccc(C2CC(C(=O)Nc3cccc(C)c3C)NN2)cc1S(N)(=O)=O. The third kappa shape index (κ3) is 4.17. The van der Waals surface area contributed by atoms with Crippen molar-refractivity contribution in [2.75, 3.05) is 12.4 Å². The second-order valence-electron chi connectivity index (χ2n) is 6.82. The van der Waals surface area contributed by atoms with Crippen molar-refractivity contribution in [2.24, 2.45) is 5.14 Å². The zero-order chi connectivity index (χ0) is 20.5. The minimum Gasteiger partial charge on any atom is -0.495 e. The van der Waals surface area contributed by atoms with Gasteiger partial charge in [0, 0.05) is 11.7 Å². The first kappa shape index (κ1) is 20.3. The van der Waals surface area contributed by atoms with Gasteiger partial charge in [-0.1, -0.05) is 18.2 Å². The number of sulfonamides is 1. The number of carbonyl (C=O) groups excluding carboxylic acids is 1. The van der Waals surface area contributed by atoms with E-state index in [-0.39, 0.29) is 22.6 Å². The van der Waals surface area contributed by atoms with Crippen LogP contribution in [0.25, 0.3) is 0 Å². The van der Waals surface area contributed by atoms with Crippen molar-refractivity contribution in [3.8, 4) is 5.75 Å². The molecule has 9 heteroatoms. The number of benzene rings is 2. The topological polar surface area (TPSA) is 123 Å². The highest BCUT2D eigenvalue weighted by Crippen LogP contribution is 2.30. The average Bonchev–Trinajstić information content (AvgIpc) is 3.14. The Morgan fingerprint density at radius 2 is 1.96 bits per heavy atom. The van der Waals surface area contributed by atoms with E-state index in [9.17, 15) is 13.2 Å². The fraction of sp³-hybridized carbons (Fsp3) is 0.316. The molecule has 1 saturated heterocycles. The molecule has 2 aromatic carbocycles. The van der Waals surface area contributed by atoms with Crippen LogP contribution >= 0.6 is 0 Å². The maximum Gasteiger partial charge on any atom is 0.242 e. The number of nitrogens with one attached hydrogen (secondary N) is 3. The normalized spacial score (nSPS) is 19.4. The van der Waals surface area contributed by atoms with Crippen LogP contribution in [0.1, 0.15) is 29.2 Å². The molecule has 1 fully saturated rings. The zero-order valence-corrected chi connectivity index (χ0v) is 16.8. The molecule has 28 heavy (non-hydrogen) atoms. The van der Waals surface area contributed by atoms with Crippen molar-refractivity contribution in [3.63, 3.8) is 0 Å². The highest BCUT2D eigenvalue weighted by molar-refractivity contribution is 7.89. The molecule has 2 aromatic rings. The van der Waals surface area contributed by atoms with Gasteiger partial charge in [0.05, 0.1) is 7.11 Å². The van der Waals surface area contributed by atoms with Crippen molar-refractivity contribution in [1.82, 2.24) is 10.9 Å². The molecule has 1 aliphatic rings. The monoisotopic (exact) mass is 404 g/mol. The number of hydrogen-bond donors (Lipinski definition) is 4. The highest BCUT2D eigenvalue weighted by Gasteiger charge is 2.31. The lowest BCUT2D eigenvalue weighted by Crippen LogP contribution is -2.39. The molecule has 150 valence electrons. The number of carbonyl (C=O) groups is 1. The first-order valence-corrected chi connectivity index (χ1v) is 10.3. The van der Waals surface area contributed by atoms with E-state index < -0.39 is 16.1 Å². The van der Waals surface area contributed by atoms with Gasteiger partial charge in [-0.2, -0.15) is 0 Å². The van der Waals surface area contributed by atoms with E-state index in [1.807, 2.05) is 32.0 Å². The van der Waals surface area contributed by atoms with E-state index in [2.05, 4.69) is 16.2 Å². The third-order valence-corrected chi connectivity index (χ3v) is 5.91. The summed E-state index contributed by atoms with van der Waals surface area (Å²) in [7, 11) is -2.55. The van der Waals surface area contributed by atoms with E-state index in [0.29, 0.717) is 12.0 Å². The molecule has 0 saturated carbocycles. The largest absolute Gasteiger partial charge is 0.495 e. The number of rotatable bonds is 5. The Bertz CT molecular complexity index is 1010. The number of anilines is 1. The molecule has 2 atom stereocenters. The summed E-state index contributed by atoms with van der Waals surface area (Å²) in [6.45, 7) is 3.95. The van der Waals surface area contributed by atoms with Gasteiger partial charge in [0.2, 0.25) is 15.9 Å². The molecule has 0 bridgehead atoms. The second kappa shape index (κ2) is 7.88. The summed E-state index contributed by atoms with van der Waals surface area (Å²) in [5.41, 5.74) is 9.60. The third-order valence-electron chi connectivity index (χ3n) is 4.98. The van der Waals surface area contributed by atoms with Crippen molar-refractivity contribution >= 4 is 21.6 Å². The summed E-state index contributed by atoms with van der Waals surface area (Å²) in [5, 5.41) is 8.22. The van der Waals surface area contributed by atoms with Crippen LogP contribution in [0.4, 0.5) is 5.69 Å². The van der Waals surface area contributed by atoms with Gasteiger partial charge in [0.15, 0.2) is 0 Å². The molecular weight excluding hydrogens is 380 g/mol. The van der Waals surface area contributed by atoms with Crippen molar-refractivity contribution in [2.45, 2.75) is 37.2 Å². The van der Waals surface area contributed by atoms with Crippen LogP contribution < -0.4 is 26.0 Å². The maximum atomic E-state index is 12.6. The van der Waals surface area contributed by atoms with Crippen LogP contribution in [0.2, 0.25) is 0 Å². The molecule has 8 nitrogen and oxygen atoms in total. The van der Waals surface area contributed by atoms with E-state index in [4.69, 9.17) is 9.88 Å². The van der Waals surface area contributed by atoms with Gasteiger partial charge in [-0.05, 0) is 55.2 Å². The van der Waals surface area contributed by atoms with Gasteiger partial charge in [-0.25, -0.2) is 24.4 Å². The van der Waals surface area contributed by atoms with E-state index in [1.54, 1.807) is 12.1 Å². The fourth-order valence-electron chi connectivity index (χ4n) is 3.19. The van der Waals surface area contributed by atoms with Crippen LogP contribution in [0.15, 0.2) is 41.3 Å². The predicted octanol–water partition coefficient (Wildman–Crippen LogP) is 1.51. The molecule has 0 aromatic heterocycles. The number of primary sulfonamides is 1. The summed E-state index contributed by atoms with van der Waals surface area (Å²) in [6, 6.07) is 9.81. The van der Waals surface area contributed by atoms with Gasteiger partial charge in [0.1, 0.15) is 16.7 Å². The molecule has 1 aliphatic heterocycles. The van der Waals surface area contributed by atoms with Crippen LogP contribution in [-0.4, -0.2) is 27.5 Å². The summed E-state index contributed by atoms with van der Waals surface area (Å²) >= 11 is 0. The Hall–Kier alpha value is -2.46. The van der Waals surface area contributed by atoms with Gasteiger partial charge in [0.25, 0.3) is 0 Å². The van der Waals surface area contributed by atoms with Crippen LogP contribution in [-0.2, 0) is 14.8 Å². The lowest BCUT2D eigenvalue weighted by Gasteiger charge is -2.14. The van der Waals surface area contributed by atoms with E-state index in [1.165, 1.54) is 13.2 Å². The molecule has 5 N–H and O–H groups in total. The molecule has 0 spiro atoms. The van der Waals surface area contributed by atoms with Crippen LogP contribution in [0.3, 0.4) is 0 Å².